The minimum atomic E-state index is -1.40. The standard InChI is InChI=1S/C27H45N9O7/c1-27(2,3)43-26(41)36-19(12-8-14-33-25(30)31)22(39)34-18(11-7-13-32-24(28)29)21(38)35-20(15-37)23(40)42-16-17-9-5-4-6-10-17/h4-6,9-10,18-20,37H,7-8,11-16H2,1-3H3,(H,34,39)(H,35,38)(H,36,41)(H4,28,29,32)(H4,30,31,33)/t18-,19-,20-/m0/s1. The van der Waals surface area contributed by atoms with Gasteiger partial charge < -0.3 is 53.5 Å². The second-order valence-corrected chi connectivity index (χ2v) is 10.5. The van der Waals surface area contributed by atoms with E-state index < -0.39 is 54.2 Å². The number of ether oxygens (including phenoxy) is 2. The lowest BCUT2D eigenvalue weighted by atomic mass is 10.1. The number of nitrogens with one attached hydrogen (secondary N) is 3. The highest BCUT2D eigenvalue weighted by molar-refractivity contribution is 5.93. The fourth-order valence-electron chi connectivity index (χ4n) is 3.55. The van der Waals surface area contributed by atoms with Gasteiger partial charge in [-0.25, -0.2) is 9.59 Å². The lowest BCUT2D eigenvalue weighted by molar-refractivity contribution is -0.150. The number of carbonyl (C=O) groups is 4. The van der Waals surface area contributed by atoms with Gasteiger partial charge in [-0.3, -0.25) is 19.6 Å². The minimum Gasteiger partial charge on any atom is -0.459 e. The van der Waals surface area contributed by atoms with Gasteiger partial charge in [-0.15, -0.1) is 0 Å². The maximum atomic E-state index is 13.3. The van der Waals surface area contributed by atoms with Crippen molar-refractivity contribution < 1.29 is 33.8 Å². The average Bonchev–Trinajstić information content (AvgIpc) is 2.92. The van der Waals surface area contributed by atoms with Crippen molar-refractivity contribution in [1.82, 2.24) is 16.0 Å². The average molecular weight is 608 g/mol. The number of alkyl carbamates (subject to hydrolysis) is 1. The smallest absolute Gasteiger partial charge is 0.408 e. The molecule has 0 unspecified atom stereocenters. The van der Waals surface area contributed by atoms with Crippen molar-refractivity contribution in [3.05, 3.63) is 35.9 Å². The Hall–Kier alpha value is -4.60. The van der Waals surface area contributed by atoms with Gasteiger partial charge >= 0.3 is 12.1 Å². The monoisotopic (exact) mass is 607 g/mol. The van der Waals surface area contributed by atoms with E-state index in [0.29, 0.717) is 12.0 Å². The van der Waals surface area contributed by atoms with E-state index in [9.17, 15) is 24.3 Å². The molecule has 0 spiro atoms. The Labute approximate surface area is 251 Å². The summed E-state index contributed by atoms with van der Waals surface area (Å²) in [4.78, 5) is 59.3. The Morgan fingerprint density at radius 2 is 1.30 bits per heavy atom. The molecule has 0 aromatic heterocycles. The first-order valence-electron chi connectivity index (χ1n) is 13.7. The number of benzene rings is 1. The lowest BCUT2D eigenvalue weighted by Gasteiger charge is -2.26. The zero-order valence-electron chi connectivity index (χ0n) is 24.9. The van der Waals surface area contributed by atoms with Crippen molar-refractivity contribution in [2.75, 3.05) is 19.7 Å². The highest BCUT2D eigenvalue weighted by Crippen LogP contribution is 2.09. The van der Waals surface area contributed by atoms with Gasteiger partial charge in [-0.05, 0) is 52.0 Å². The number of nitrogens with two attached hydrogens (primary N) is 4. The molecular formula is C27H45N9O7. The molecule has 0 fully saturated rings. The number of carbonyl (C=O) groups excluding carboxylic acids is 4. The molecule has 3 amide bonds. The molecular weight excluding hydrogens is 562 g/mol. The van der Waals surface area contributed by atoms with Gasteiger partial charge in [0, 0.05) is 13.1 Å². The predicted octanol–water partition coefficient (Wildman–Crippen LogP) is -1.31. The number of aliphatic hydroxyl groups excluding tert-OH is 1. The SMILES string of the molecule is CC(C)(C)OC(=O)N[C@@H](CCCN=C(N)N)C(=O)N[C@@H](CCCN=C(N)N)C(=O)N[C@@H](CO)C(=O)OCc1ccccc1. The van der Waals surface area contributed by atoms with E-state index in [4.69, 9.17) is 32.4 Å². The summed E-state index contributed by atoms with van der Waals surface area (Å²) in [6.45, 7) is 4.53. The van der Waals surface area contributed by atoms with Crippen molar-refractivity contribution in [2.45, 2.75) is 76.8 Å². The number of aliphatic hydroxyl groups is 1. The second-order valence-electron chi connectivity index (χ2n) is 10.5. The van der Waals surface area contributed by atoms with Gasteiger partial charge in [-0.1, -0.05) is 30.3 Å². The van der Waals surface area contributed by atoms with Crippen LogP contribution in [-0.4, -0.2) is 84.3 Å². The van der Waals surface area contributed by atoms with E-state index in [1.807, 2.05) is 0 Å². The first-order valence-corrected chi connectivity index (χ1v) is 13.7. The van der Waals surface area contributed by atoms with Crippen LogP contribution in [0.3, 0.4) is 0 Å². The van der Waals surface area contributed by atoms with Crippen LogP contribution in [0.5, 0.6) is 0 Å². The molecule has 1 aromatic rings. The highest BCUT2D eigenvalue weighted by Gasteiger charge is 2.30. The van der Waals surface area contributed by atoms with Crippen LogP contribution < -0.4 is 38.9 Å². The Balaban J connectivity index is 3.03. The molecule has 12 N–H and O–H groups in total. The van der Waals surface area contributed by atoms with Crippen LogP contribution in [0.15, 0.2) is 40.3 Å². The zero-order valence-corrected chi connectivity index (χ0v) is 24.9. The third-order valence-corrected chi connectivity index (χ3v) is 5.54. The van der Waals surface area contributed by atoms with Gasteiger partial charge in [0.05, 0.1) is 6.61 Å². The summed E-state index contributed by atoms with van der Waals surface area (Å²) < 4.78 is 10.5. The second kappa shape index (κ2) is 18.8. The molecule has 16 heteroatoms. The fourth-order valence-corrected chi connectivity index (χ4v) is 3.55. The summed E-state index contributed by atoms with van der Waals surface area (Å²) in [5, 5.41) is 17.3. The Bertz CT molecular complexity index is 1100. The van der Waals surface area contributed by atoms with Gasteiger partial charge in [0.15, 0.2) is 18.0 Å². The molecule has 0 heterocycles. The van der Waals surface area contributed by atoms with Crippen molar-refractivity contribution in [3.8, 4) is 0 Å². The van der Waals surface area contributed by atoms with Gasteiger partial charge in [0.2, 0.25) is 11.8 Å². The normalized spacial score (nSPS) is 12.9. The summed E-state index contributed by atoms with van der Waals surface area (Å²) in [7, 11) is 0. The molecule has 0 aliphatic heterocycles. The van der Waals surface area contributed by atoms with Crippen LogP contribution >= 0.6 is 0 Å². The van der Waals surface area contributed by atoms with E-state index in [0.717, 1.165) is 0 Å². The van der Waals surface area contributed by atoms with Crippen molar-refractivity contribution >= 4 is 35.8 Å². The molecule has 16 nitrogen and oxygen atoms in total. The Morgan fingerprint density at radius 1 is 0.814 bits per heavy atom. The van der Waals surface area contributed by atoms with E-state index >= 15 is 0 Å². The van der Waals surface area contributed by atoms with Crippen LogP contribution in [0.2, 0.25) is 0 Å². The van der Waals surface area contributed by atoms with Crippen LogP contribution in [0.1, 0.15) is 52.0 Å². The minimum absolute atomic E-state index is 0.0543. The molecule has 1 rings (SSSR count). The summed E-state index contributed by atoms with van der Waals surface area (Å²) in [5.41, 5.74) is 21.3. The number of esters is 1. The number of rotatable bonds is 17. The van der Waals surface area contributed by atoms with Crippen LogP contribution in [0, 0.1) is 0 Å². The number of hydrogen-bond donors (Lipinski definition) is 8. The molecule has 0 aliphatic carbocycles. The molecule has 3 atom stereocenters. The summed E-state index contributed by atoms with van der Waals surface area (Å²) in [6.07, 6.45) is -0.0986. The first kappa shape index (κ1) is 36.4. The first-order chi connectivity index (χ1) is 20.2. The largest absolute Gasteiger partial charge is 0.459 e. The number of guanidine groups is 2. The maximum absolute atomic E-state index is 13.3. The molecule has 0 radical (unpaired) electrons. The molecule has 0 aliphatic rings. The van der Waals surface area contributed by atoms with Gasteiger partial charge in [-0.2, -0.15) is 0 Å². The number of aliphatic imine (C=N–C) groups is 2. The Morgan fingerprint density at radius 3 is 1.77 bits per heavy atom. The maximum Gasteiger partial charge on any atom is 0.408 e. The quantitative estimate of drug-likeness (QED) is 0.0445. The third-order valence-electron chi connectivity index (χ3n) is 5.54. The summed E-state index contributed by atoms with van der Waals surface area (Å²) in [5.74, 6) is -2.61. The van der Waals surface area contributed by atoms with Crippen molar-refractivity contribution in [3.63, 3.8) is 0 Å². The lowest BCUT2D eigenvalue weighted by Crippen LogP contribution is -2.56. The molecule has 0 bridgehead atoms. The van der Waals surface area contributed by atoms with Gasteiger partial charge in [0.1, 0.15) is 24.3 Å². The summed E-state index contributed by atoms with van der Waals surface area (Å²) in [6, 6.07) is 5.14. The molecule has 1 aromatic carbocycles. The predicted molar refractivity (Wildman–Crippen MR) is 160 cm³/mol. The third kappa shape index (κ3) is 16.4. The van der Waals surface area contributed by atoms with E-state index in [1.54, 1.807) is 51.1 Å². The van der Waals surface area contributed by atoms with Gasteiger partial charge in [0.25, 0.3) is 0 Å². The molecule has 43 heavy (non-hydrogen) atoms. The number of nitrogens with zero attached hydrogens (tertiary/aromatic N) is 2. The molecule has 240 valence electrons. The number of amides is 3. The fraction of sp³-hybridized carbons (Fsp3) is 0.556. The van der Waals surface area contributed by atoms with Crippen molar-refractivity contribution in [1.29, 1.82) is 0 Å². The Kier molecular flexibility index (Phi) is 15.9. The van der Waals surface area contributed by atoms with Crippen LogP contribution in [-0.2, 0) is 30.5 Å². The van der Waals surface area contributed by atoms with E-state index in [-0.39, 0.29) is 50.9 Å². The van der Waals surface area contributed by atoms with Crippen LogP contribution in [0.4, 0.5) is 4.79 Å². The van der Waals surface area contributed by atoms with E-state index in [1.165, 1.54) is 0 Å². The summed E-state index contributed by atoms with van der Waals surface area (Å²) >= 11 is 0. The highest BCUT2D eigenvalue weighted by atomic mass is 16.6. The zero-order chi connectivity index (χ0) is 32.4. The molecule has 0 saturated carbocycles. The van der Waals surface area contributed by atoms with Crippen molar-refractivity contribution in [2.24, 2.45) is 32.9 Å². The topological polar surface area (TPSA) is 272 Å². The van der Waals surface area contributed by atoms with E-state index in [2.05, 4.69) is 25.9 Å². The molecule has 0 saturated heterocycles. The van der Waals surface area contributed by atoms with Crippen LogP contribution in [0.25, 0.3) is 0 Å². The number of hydrogen-bond acceptors (Lipinski definition) is 9.